The molecule has 7 heteroatoms. The lowest BCUT2D eigenvalue weighted by Crippen LogP contribution is -2.11. The van der Waals surface area contributed by atoms with Gasteiger partial charge in [0.2, 0.25) is 0 Å². The highest BCUT2D eigenvalue weighted by molar-refractivity contribution is 7.21. The summed E-state index contributed by atoms with van der Waals surface area (Å²) >= 11 is 1.48. The monoisotopic (exact) mass is 376 g/mol. The third-order valence-corrected chi connectivity index (χ3v) is 5.00. The summed E-state index contributed by atoms with van der Waals surface area (Å²) in [5, 5.41) is 11.9. The van der Waals surface area contributed by atoms with Crippen LogP contribution in [0.1, 0.15) is 10.4 Å². The summed E-state index contributed by atoms with van der Waals surface area (Å²) in [5.41, 5.74) is 1.13. The minimum Gasteiger partial charge on any atom is -0.422 e. The van der Waals surface area contributed by atoms with Crippen molar-refractivity contribution >= 4 is 33.2 Å². The first-order valence-corrected chi connectivity index (χ1v) is 8.86. The molecular weight excluding hydrogens is 364 g/mol. The predicted octanol–water partition coefficient (Wildman–Crippen LogP) is 5.09. The van der Waals surface area contributed by atoms with Gasteiger partial charge in [0.25, 0.3) is 5.69 Å². The molecule has 0 N–H and O–H groups in total. The molecule has 0 saturated carbocycles. The number of nitro groups is 1. The average molecular weight is 376 g/mol. The summed E-state index contributed by atoms with van der Waals surface area (Å²) in [7, 11) is 0. The molecule has 0 aliphatic heterocycles. The van der Waals surface area contributed by atoms with E-state index in [1.807, 2.05) is 30.3 Å². The molecule has 27 heavy (non-hydrogen) atoms. The smallest absolute Gasteiger partial charge is 0.350 e. The van der Waals surface area contributed by atoms with E-state index < -0.39 is 10.9 Å². The van der Waals surface area contributed by atoms with Crippen LogP contribution in [0.25, 0.3) is 20.8 Å². The van der Waals surface area contributed by atoms with Gasteiger partial charge in [0.05, 0.1) is 20.7 Å². The fourth-order valence-corrected chi connectivity index (χ4v) is 3.68. The van der Waals surface area contributed by atoms with Crippen molar-refractivity contribution < 1.29 is 14.5 Å². The van der Waals surface area contributed by atoms with Crippen molar-refractivity contribution in [1.82, 2.24) is 4.98 Å². The molecule has 0 amide bonds. The number of hydrogen-bond acceptors (Lipinski definition) is 6. The number of nitro benzene ring substituents is 1. The fourth-order valence-electron chi connectivity index (χ4n) is 2.68. The SMILES string of the molecule is O=C(Oc1ccccc1-c1nc2ccccc2s1)c1ccccc1[N+](=O)[O-]. The Morgan fingerprint density at radius 1 is 0.963 bits per heavy atom. The van der Waals surface area contributed by atoms with E-state index in [1.54, 1.807) is 24.3 Å². The quantitative estimate of drug-likeness (QED) is 0.214. The minimum atomic E-state index is -0.782. The molecule has 0 aliphatic carbocycles. The maximum atomic E-state index is 12.6. The number of rotatable bonds is 4. The van der Waals surface area contributed by atoms with Crippen LogP contribution >= 0.6 is 11.3 Å². The van der Waals surface area contributed by atoms with Gasteiger partial charge in [0.1, 0.15) is 16.3 Å². The van der Waals surface area contributed by atoms with Crippen LogP contribution in [-0.4, -0.2) is 15.9 Å². The number of ether oxygens (including phenoxy) is 1. The lowest BCUT2D eigenvalue weighted by atomic mass is 10.1. The number of fused-ring (bicyclic) bond motifs is 1. The number of thiazole rings is 1. The van der Waals surface area contributed by atoms with Gasteiger partial charge in [-0.1, -0.05) is 36.4 Å². The summed E-state index contributed by atoms with van der Waals surface area (Å²) in [5.74, 6) is -0.476. The van der Waals surface area contributed by atoms with Crippen LogP contribution < -0.4 is 4.74 Å². The minimum absolute atomic E-state index is 0.0957. The number of para-hydroxylation sites is 3. The van der Waals surface area contributed by atoms with Crippen molar-refractivity contribution in [3.63, 3.8) is 0 Å². The highest BCUT2D eigenvalue weighted by atomic mass is 32.1. The number of carbonyl (C=O) groups excluding carboxylic acids is 1. The third kappa shape index (κ3) is 3.28. The molecule has 4 aromatic rings. The van der Waals surface area contributed by atoms with E-state index in [9.17, 15) is 14.9 Å². The first-order valence-electron chi connectivity index (χ1n) is 8.04. The van der Waals surface area contributed by atoms with Gasteiger partial charge in [-0.25, -0.2) is 9.78 Å². The molecule has 0 fully saturated rings. The van der Waals surface area contributed by atoms with Crippen LogP contribution in [-0.2, 0) is 0 Å². The molecule has 1 aromatic heterocycles. The predicted molar refractivity (Wildman–Crippen MR) is 103 cm³/mol. The molecular formula is C20H12N2O4S. The second-order valence-electron chi connectivity index (χ2n) is 5.65. The van der Waals surface area contributed by atoms with Gasteiger partial charge in [0, 0.05) is 6.07 Å². The van der Waals surface area contributed by atoms with Crippen LogP contribution in [0.15, 0.2) is 72.8 Å². The van der Waals surface area contributed by atoms with Crippen LogP contribution in [0, 0.1) is 10.1 Å². The number of aromatic nitrogens is 1. The summed E-state index contributed by atoms with van der Waals surface area (Å²) in [6, 6.07) is 20.5. The van der Waals surface area contributed by atoms with E-state index in [4.69, 9.17) is 4.74 Å². The molecule has 132 valence electrons. The summed E-state index contributed by atoms with van der Waals surface area (Å²) in [6.45, 7) is 0. The van der Waals surface area contributed by atoms with Crippen molar-refractivity contribution in [2.24, 2.45) is 0 Å². The number of nitrogens with zero attached hydrogens (tertiary/aromatic N) is 2. The first kappa shape index (κ1) is 16.9. The zero-order chi connectivity index (χ0) is 18.8. The molecule has 1 heterocycles. The number of esters is 1. The number of benzene rings is 3. The fraction of sp³-hybridized carbons (Fsp3) is 0. The lowest BCUT2D eigenvalue weighted by molar-refractivity contribution is -0.385. The van der Waals surface area contributed by atoms with Gasteiger partial charge in [-0.05, 0) is 30.3 Å². The highest BCUT2D eigenvalue weighted by Crippen LogP contribution is 2.36. The molecule has 0 saturated heterocycles. The van der Waals surface area contributed by atoms with Gasteiger partial charge < -0.3 is 4.74 Å². The molecule has 6 nitrogen and oxygen atoms in total. The molecule has 4 rings (SSSR count). The Morgan fingerprint density at radius 3 is 2.48 bits per heavy atom. The molecule has 0 aliphatic rings. The van der Waals surface area contributed by atoms with Crippen molar-refractivity contribution in [1.29, 1.82) is 0 Å². The molecule has 0 unspecified atom stereocenters. The van der Waals surface area contributed by atoms with Crippen molar-refractivity contribution in [3.05, 3.63) is 88.5 Å². The number of hydrogen-bond donors (Lipinski definition) is 0. The van der Waals surface area contributed by atoms with Crippen LogP contribution in [0.4, 0.5) is 5.69 Å². The van der Waals surface area contributed by atoms with Gasteiger partial charge in [-0.2, -0.15) is 0 Å². The Bertz CT molecular complexity index is 1140. The molecule has 0 bridgehead atoms. The summed E-state index contributed by atoms with van der Waals surface area (Å²) in [4.78, 5) is 27.7. The van der Waals surface area contributed by atoms with Crippen molar-refractivity contribution in [2.75, 3.05) is 0 Å². The van der Waals surface area contributed by atoms with E-state index in [0.717, 1.165) is 10.2 Å². The van der Waals surface area contributed by atoms with Gasteiger partial charge in [-0.15, -0.1) is 11.3 Å². The van der Waals surface area contributed by atoms with Crippen LogP contribution in [0.5, 0.6) is 5.75 Å². The number of carbonyl (C=O) groups is 1. The van der Waals surface area contributed by atoms with E-state index in [-0.39, 0.29) is 11.3 Å². The largest absolute Gasteiger partial charge is 0.422 e. The lowest BCUT2D eigenvalue weighted by Gasteiger charge is -2.08. The van der Waals surface area contributed by atoms with Crippen molar-refractivity contribution in [3.8, 4) is 16.3 Å². The maximum absolute atomic E-state index is 12.6. The Balaban J connectivity index is 1.72. The molecule has 0 radical (unpaired) electrons. The Labute approximate surface area is 157 Å². The zero-order valence-corrected chi connectivity index (χ0v) is 14.7. The molecule has 0 atom stereocenters. The topological polar surface area (TPSA) is 82.3 Å². The van der Waals surface area contributed by atoms with Gasteiger partial charge in [-0.3, -0.25) is 10.1 Å². The van der Waals surface area contributed by atoms with Crippen molar-refractivity contribution in [2.45, 2.75) is 0 Å². The first-order chi connectivity index (χ1) is 13.1. The Hall–Kier alpha value is -3.58. The van der Waals surface area contributed by atoms with Crippen LogP contribution in [0.2, 0.25) is 0 Å². The Kier molecular flexibility index (Phi) is 4.35. The second kappa shape index (κ2) is 6.97. The standard InChI is InChI=1S/C20H12N2O4S/c23-20(13-7-1-4-10-16(13)22(24)25)26-17-11-5-2-8-14(17)19-21-15-9-3-6-12-18(15)27-19/h1-12H. The Morgan fingerprint density at radius 2 is 1.67 bits per heavy atom. The normalized spacial score (nSPS) is 10.7. The zero-order valence-electron chi connectivity index (χ0n) is 13.9. The third-order valence-electron chi connectivity index (χ3n) is 3.93. The van der Waals surface area contributed by atoms with E-state index in [1.165, 1.54) is 29.5 Å². The van der Waals surface area contributed by atoms with Crippen LogP contribution in [0.3, 0.4) is 0 Å². The second-order valence-corrected chi connectivity index (χ2v) is 6.68. The van der Waals surface area contributed by atoms with E-state index in [2.05, 4.69) is 4.98 Å². The van der Waals surface area contributed by atoms with E-state index in [0.29, 0.717) is 16.3 Å². The maximum Gasteiger partial charge on any atom is 0.350 e. The summed E-state index contributed by atoms with van der Waals surface area (Å²) in [6.07, 6.45) is 0. The highest BCUT2D eigenvalue weighted by Gasteiger charge is 2.22. The van der Waals surface area contributed by atoms with Gasteiger partial charge >= 0.3 is 5.97 Å². The average Bonchev–Trinajstić information content (AvgIpc) is 3.12. The summed E-state index contributed by atoms with van der Waals surface area (Å²) < 4.78 is 6.52. The van der Waals surface area contributed by atoms with E-state index >= 15 is 0 Å². The molecule has 3 aromatic carbocycles. The van der Waals surface area contributed by atoms with Gasteiger partial charge in [0.15, 0.2) is 0 Å². The molecule has 0 spiro atoms.